The van der Waals surface area contributed by atoms with E-state index in [1.165, 1.54) is 22.8 Å². The van der Waals surface area contributed by atoms with E-state index in [0.29, 0.717) is 0 Å². The Hall–Kier alpha value is -1.30. The number of hydrogen-bond donors (Lipinski definition) is 0. The Bertz CT molecular complexity index is 435. The van der Waals surface area contributed by atoms with E-state index in [2.05, 4.69) is 70.2 Å². The summed E-state index contributed by atoms with van der Waals surface area (Å²) in [6.07, 6.45) is 2.42. The van der Waals surface area contributed by atoms with E-state index in [0.717, 1.165) is 12.3 Å². The summed E-state index contributed by atoms with van der Waals surface area (Å²) in [4.78, 5) is 0. The van der Waals surface area contributed by atoms with E-state index in [1.807, 2.05) is 0 Å². The van der Waals surface area contributed by atoms with Crippen LogP contribution in [0.5, 0.6) is 0 Å². The second-order valence-electron chi connectivity index (χ2n) is 4.79. The third-order valence-corrected chi connectivity index (χ3v) is 3.08. The van der Waals surface area contributed by atoms with Gasteiger partial charge in [-0.25, -0.2) is 0 Å². The highest BCUT2D eigenvalue weighted by Gasteiger charge is 1.95. The summed E-state index contributed by atoms with van der Waals surface area (Å²) < 4.78 is 0. The number of fused-ring (bicyclic) bond motifs is 1. The Morgan fingerprint density at radius 1 is 0.882 bits per heavy atom. The predicted octanol–water partition coefficient (Wildman–Crippen LogP) is 5.45. The van der Waals surface area contributed by atoms with Crippen LogP contribution in [0.4, 0.5) is 0 Å². The Labute approximate surface area is 106 Å². The average Bonchev–Trinajstić information content (AvgIpc) is 2.38. The van der Waals surface area contributed by atoms with Gasteiger partial charge in [0.25, 0.3) is 0 Å². The molecule has 2 aromatic rings. The average molecular weight is 228 g/mol. The summed E-state index contributed by atoms with van der Waals surface area (Å²) in [5.41, 5.74) is 1.44. The van der Waals surface area contributed by atoms with E-state index in [9.17, 15) is 0 Å². The van der Waals surface area contributed by atoms with Gasteiger partial charge in [0.05, 0.1) is 0 Å². The Morgan fingerprint density at radius 3 is 2.06 bits per heavy atom. The van der Waals surface area contributed by atoms with Crippen LogP contribution >= 0.6 is 0 Å². The fraction of sp³-hybridized carbons (Fsp3) is 0.412. The van der Waals surface area contributed by atoms with Crippen LogP contribution in [0.2, 0.25) is 0 Å². The van der Waals surface area contributed by atoms with Crippen molar-refractivity contribution in [3.63, 3.8) is 0 Å². The minimum atomic E-state index is 0.884. The van der Waals surface area contributed by atoms with Crippen molar-refractivity contribution in [1.29, 1.82) is 0 Å². The molecular formula is C17H24. The molecule has 0 aliphatic heterocycles. The third-order valence-electron chi connectivity index (χ3n) is 3.08. The van der Waals surface area contributed by atoms with Gasteiger partial charge in [-0.05, 0) is 28.7 Å². The Morgan fingerprint density at radius 2 is 1.47 bits per heavy atom. The molecule has 0 aliphatic rings. The largest absolute Gasteiger partial charge is 0.0651 e. The van der Waals surface area contributed by atoms with Crippen LogP contribution in [0.3, 0.4) is 0 Å². The van der Waals surface area contributed by atoms with Gasteiger partial charge in [0.1, 0.15) is 0 Å². The molecular weight excluding hydrogens is 204 g/mol. The molecule has 0 spiro atoms. The lowest BCUT2D eigenvalue weighted by atomic mass is 10.0. The zero-order chi connectivity index (χ0) is 12.7. The van der Waals surface area contributed by atoms with Crippen molar-refractivity contribution in [2.24, 2.45) is 5.92 Å². The number of rotatable bonds is 2. The van der Waals surface area contributed by atoms with Gasteiger partial charge in [0, 0.05) is 0 Å². The summed E-state index contributed by atoms with van der Waals surface area (Å²) in [6.45, 7) is 8.84. The molecule has 0 saturated carbocycles. The monoisotopic (exact) mass is 228 g/mol. The van der Waals surface area contributed by atoms with Gasteiger partial charge in [-0.3, -0.25) is 0 Å². The molecule has 0 fully saturated rings. The first-order valence-electron chi connectivity index (χ1n) is 6.65. The molecule has 92 valence electrons. The van der Waals surface area contributed by atoms with Gasteiger partial charge in [-0.1, -0.05) is 76.6 Å². The summed E-state index contributed by atoms with van der Waals surface area (Å²) in [5, 5.41) is 2.74. The highest BCUT2D eigenvalue weighted by molar-refractivity contribution is 5.85. The summed E-state index contributed by atoms with van der Waals surface area (Å²) in [6, 6.07) is 15.0. The molecule has 0 nitrogen and oxygen atoms in total. The quantitative estimate of drug-likeness (QED) is 0.640. The highest BCUT2D eigenvalue weighted by Crippen LogP contribution is 2.18. The molecule has 0 N–H and O–H groups in total. The maximum atomic E-state index is 2.22. The summed E-state index contributed by atoms with van der Waals surface area (Å²) in [5.74, 6) is 0.884. The maximum absolute atomic E-state index is 2.22. The van der Waals surface area contributed by atoms with Crippen molar-refractivity contribution >= 4 is 10.8 Å². The minimum Gasteiger partial charge on any atom is -0.0651 e. The van der Waals surface area contributed by atoms with Gasteiger partial charge in [-0.15, -0.1) is 0 Å². The first-order chi connectivity index (χ1) is 8.19. The van der Waals surface area contributed by atoms with Crippen LogP contribution in [0.15, 0.2) is 42.5 Å². The van der Waals surface area contributed by atoms with Gasteiger partial charge in [-0.2, -0.15) is 0 Å². The fourth-order valence-corrected chi connectivity index (χ4v) is 1.60. The van der Waals surface area contributed by atoms with Crippen molar-refractivity contribution in [3.8, 4) is 0 Å². The van der Waals surface area contributed by atoms with Gasteiger partial charge in [0.2, 0.25) is 0 Å². The lowest BCUT2D eigenvalue weighted by Crippen LogP contribution is -1.81. The second kappa shape index (κ2) is 7.11. The van der Waals surface area contributed by atoms with Crippen molar-refractivity contribution in [3.05, 3.63) is 48.0 Å². The fourth-order valence-electron chi connectivity index (χ4n) is 1.60. The molecule has 0 radical (unpaired) electrons. The van der Waals surface area contributed by atoms with E-state index in [1.54, 1.807) is 0 Å². The van der Waals surface area contributed by atoms with E-state index < -0.39 is 0 Å². The van der Waals surface area contributed by atoms with Crippen LogP contribution in [-0.2, 0) is 6.42 Å². The second-order valence-corrected chi connectivity index (χ2v) is 4.79. The Kier molecular flexibility index (Phi) is 5.76. The standard InChI is InChI=1S/C12H12.C5H12/c1-2-10-7-5-8-11-6-3-4-9-12(10)11;1-4-5(2)3/h3-9H,2H2,1H3;5H,4H2,1-3H3. The molecule has 0 heterocycles. The van der Waals surface area contributed by atoms with E-state index >= 15 is 0 Å². The molecule has 0 unspecified atom stereocenters. The summed E-state index contributed by atoms with van der Waals surface area (Å²) in [7, 11) is 0. The van der Waals surface area contributed by atoms with Crippen molar-refractivity contribution in [2.45, 2.75) is 40.5 Å². The van der Waals surface area contributed by atoms with E-state index in [-0.39, 0.29) is 0 Å². The van der Waals surface area contributed by atoms with Crippen molar-refractivity contribution in [1.82, 2.24) is 0 Å². The van der Waals surface area contributed by atoms with Gasteiger partial charge >= 0.3 is 0 Å². The first-order valence-corrected chi connectivity index (χ1v) is 6.65. The van der Waals surface area contributed by atoms with Gasteiger partial charge in [0.15, 0.2) is 0 Å². The van der Waals surface area contributed by atoms with Crippen molar-refractivity contribution < 1.29 is 0 Å². The molecule has 2 aromatic carbocycles. The molecule has 0 saturated heterocycles. The van der Waals surface area contributed by atoms with Crippen LogP contribution in [0.1, 0.15) is 39.7 Å². The molecule has 0 amide bonds. The Balaban J connectivity index is 0.000000249. The molecule has 0 aromatic heterocycles. The van der Waals surface area contributed by atoms with Crippen LogP contribution in [0.25, 0.3) is 10.8 Å². The number of aryl methyl sites for hydroxylation is 1. The van der Waals surface area contributed by atoms with Gasteiger partial charge < -0.3 is 0 Å². The molecule has 2 rings (SSSR count). The topological polar surface area (TPSA) is 0 Å². The zero-order valence-corrected chi connectivity index (χ0v) is 11.5. The normalized spacial score (nSPS) is 10.2. The molecule has 0 atom stereocenters. The molecule has 0 aliphatic carbocycles. The molecule has 17 heavy (non-hydrogen) atoms. The van der Waals surface area contributed by atoms with Crippen LogP contribution in [-0.4, -0.2) is 0 Å². The van der Waals surface area contributed by atoms with Crippen LogP contribution in [0, 0.1) is 5.92 Å². The minimum absolute atomic E-state index is 0.884. The first kappa shape index (κ1) is 13.8. The number of benzene rings is 2. The lowest BCUT2D eigenvalue weighted by molar-refractivity contribution is 0.626. The predicted molar refractivity (Wildman–Crippen MR) is 78.5 cm³/mol. The molecule has 0 bridgehead atoms. The zero-order valence-electron chi connectivity index (χ0n) is 11.5. The van der Waals surface area contributed by atoms with E-state index in [4.69, 9.17) is 0 Å². The summed E-state index contributed by atoms with van der Waals surface area (Å²) >= 11 is 0. The number of hydrogen-bond acceptors (Lipinski definition) is 0. The smallest absolute Gasteiger partial charge is 0.0152 e. The third kappa shape index (κ3) is 4.22. The van der Waals surface area contributed by atoms with Crippen molar-refractivity contribution in [2.75, 3.05) is 0 Å². The van der Waals surface area contributed by atoms with Crippen LogP contribution < -0.4 is 0 Å². The maximum Gasteiger partial charge on any atom is -0.0152 e. The molecule has 0 heteroatoms. The SMILES string of the molecule is CCC(C)C.CCc1cccc2ccccc12. The highest BCUT2D eigenvalue weighted by atomic mass is 14.0. The lowest BCUT2D eigenvalue weighted by Gasteiger charge is -2.02.